The Morgan fingerprint density at radius 2 is 0.839 bits per heavy atom. The molecule has 12 rings (SSSR count). The van der Waals surface area contributed by atoms with E-state index in [1.165, 1.54) is 16.2 Å². The maximum absolute atomic E-state index is 6.72. The summed E-state index contributed by atoms with van der Waals surface area (Å²) < 4.78 is 6.72. The molecule has 0 N–H and O–H groups in total. The van der Waals surface area contributed by atoms with Crippen molar-refractivity contribution in [3.05, 3.63) is 218 Å². The summed E-state index contributed by atoms with van der Waals surface area (Å²) in [6, 6.07) is 76.5. The van der Waals surface area contributed by atoms with Gasteiger partial charge in [-0.25, -0.2) is 15.0 Å². The van der Waals surface area contributed by atoms with Gasteiger partial charge in [0.25, 0.3) is 0 Å². The minimum atomic E-state index is 0.621. The van der Waals surface area contributed by atoms with Crippen LogP contribution in [0.4, 0.5) is 17.1 Å². The summed E-state index contributed by atoms with van der Waals surface area (Å²) >= 11 is 0. The average molecular weight is 793 g/mol. The molecule has 290 valence electrons. The highest BCUT2D eigenvalue weighted by Gasteiger charge is 2.21. The Kier molecular flexibility index (Phi) is 8.42. The van der Waals surface area contributed by atoms with Gasteiger partial charge in [0.2, 0.25) is 0 Å². The van der Waals surface area contributed by atoms with Gasteiger partial charge in [0.1, 0.15) is 11.2 Å². The number of hydrogen-bond donors (Lipinski definition) is 0. The van der Waals surface area contributed by atoms with Crippen molar-refractivity contribution in [3.8, 4) is 45.3 Å². The van der Waals surface area contributed by atoms with Gasteiger partial charge < -0.3 is 9.32 Å². The summed E-state index contributed by atoms with van der Waals surface area (Å²) in [6.07, 6.45) is 0. The molecule has 0 atom stereocenters. The van der Waals surface area contributed by atoms with Gasteiger partial charge in [-0.3, -0.25) is 0 Å². The summed E-state index contributed by atoms with van der Waals surface area (Å²) in [7, 11) is 0. The van der Waals surface area contributed by atoms with E-state index in [4.69, 9.17) is 19.4 Å². The standard InChI is InChI=1S/C57H36N4O/c1-3-15-40(16-4-1)55-58-56(60-57(59-55)45-28-25-37-13-7-9-17-42(37)33-45)41-26-23-39(24-27-41)44-30-32-48-50(35-44)54-51(49-21-11-12-22-53(49)62-54)36-52(48)61(46-19-5-2-6-20-46)47-31-29-38-14-8-10-18-43(38)34-47/h1-36H. The molecule has 0 aliphatic carbocycles. The minimum Gasteiger partial charge on any atom is -0.455 e. The molecular weight excluding hydrogens is 757 g/mol. The molecule has 62 heavy (non-hydrogen) atoms. The third-order valence-electron chi connectivity index (χ3n) is 11.9. The van der Waals surface area contributed by atoms with Gasteiger partial charge in [0.05, 0.1) is 5.69 Å². The van der Waals surface area contributed by atoms with Gasteiger partial charge >= 0.3 is 0 Å². The van der Waals surface area contributed by atoms with E-state index in [0.29, 0.717) is 17.5 Å². The van der Waals surface area contributed by atoms with Crippen LogP contribution in [-0.2, 0) is 0 Å². The molecule has 0 spiro atoms. The van der Waals surface area contributed by atoms with Crippen LogP contribution in [0, 0.1) is 0 Å². The first kappa shape index (κ1) is 35.5. The smallest absolute Gasteiger partial charge is 0.164 e. The summed E-state index contributed by atoms with van der Waals surface area (Å²) in [5.74, 6) is 1.89. The highest BCUT2D eigenvalue weighted by molar-refractivity contribution is 6.20. The number of nitrogens with zero attached hydrogens (tertiary/aromatic N) is 4. The molecule has 0 saturated carbocycles. The zero-order valence-electron chi connectivity index (χ0n) is 33.5. The largest absolute Gasteiger partial charge is 0.455 e. The Labute approximate surface area is 357 Å². The first-order valence-electron chi connectivity index (χ1n) is 20.8. The Morgan fingerprint density at radius 1 is 0.306 bits per heavy atom. The van der Waals surface area contributed by atoms with Crippen LogP contribution in [0.15, 0.2) is 223 Å². The quantitative estimate of drug-likeness (QED) is 0.161. The van der Waals surface area contributed by atoms with Gasteiger partial charge in [-0.1, -0.05) is 170 Å². The first-order valence-corrected chi connectivity index (χ1v) is 20.8. The van der Waals surface area contributed by atoms with Crippen LogP contribution in [0.1, 0.15) is 0 Å². The Bertz CT molecular complexity index is 3640. The zero-order chi connectivity index (χ0) is 41.0. The molecular formula is C57H36N4O. The molecule has 0 unspecified atom stereocenters. The summed E-state index contributed by atoms with van der Waals surface area (Å²) in [4.78, 5) is 17.4. The summed E-state index contributed by atoms with van der Waals surface area (Å²) in [6.45, 7) is 0. The number of para-hydroxylation sites is 2. The topological polar surface area (TPSA) is 55.1 Å². The van der Waals surface area contributed by atoms with Crippen LogP contribution in [0.5, 0.6) is 0 Å². The van der Waals surface area contributed by atoms with Crippen molar-refractivity contribution in [2.45, 2.75) is 0 Å². The SMILES string of the molecule is c1ccc(-c2nc(-c3ccc(-c4ccc5c(N(c6ccccc6)c6ccc7ccccc7c6)cc6c7ccccc7oc6c5c4)cc3)nc(-c3ccc4ccccc4c3)n2)cc1. The third-order valence-corrected chi connectivity index (χ3v) is 11.9. The lowest BCUT2D eigenvalue weighted by Gasteiger charge is -2.27. The van der Waals surface area contributed by atoms with E-state index in [1.54, 1.807) is 0 Å². The summed E-state index contributed by atoms with van der Waals surface area (Å²) in [5, 5.41) is 9.00. The first-order chi connectivity index (χ1) is 30.7. The molecule has 10 aromatic carbocycles. The monoisotopic (exact) mass is 792 g/mol. The normalized spacial score (nSPS) is 11.5. The van der Waals surface area contributed by atoms with Crippen LogP contribution < -0.4 is 4.90 Å². The van der Waals surface area contributed by atoms with Gasteiger partial charge in [-0.05, 0) is 81.2 Å². The predicted octanol–water partition coefficient (Wildman–Crippen LogP) is 15.4. The molecule has 0 bridgehead atoms. The Balaban J connectivity index is 0.997. The summed E-state index contributed by atoms with van der Waals surface area (Å²) in [5.41, 5.74) is 9.92. The van der Waals surface area contributed by atoms with Crippen molar-refractivity contribution in [1.29, 1.82) is 0 Å². The fraction of sp³-hybridized carbons (Fsp3) is 0. The van der Waals surface area contributed by atoms with Crippen LogP contribution in [-0.4, -0.2) is 15.0 Å². The highest BCUT2D eigenvalue weighted by atomic mass is 16.3. The highest BCUT2D eigenvalue weighted by Crippen LogP contribution is 2.46. The van der Waals surface area contributed by atoms with Crippen LogP contribution in [0.2, 0.25) is 0 Å². The van der Waals surface area contributed by atoms with Crippen LogP contribution in [0.3, 0.4) is 0 Å². The number of furan rings is 1. The van der Waals surface area contributed by atoms with E-state index in [2.05, 4.69) is 187 Å². The minimum absolute atomic E-state index is 0.621. The second-order valence-electron chi connectivity index (χ2n) is 15.6. The second kappa shape index (κ2) is 14.7. The van der Waals surface area contributed by atoms with Gasteiger partial charge in [0.15, 0.2) is 17.5 Å². The molecule has 0 aliphatic rings. The number of benzene rings is 10. The molecule has 0 fully saturated rings. The molecule has 0 aliphatic heterocycles. The van der Waals surface area contributed by atoms with E-state index in [-0.39, 0.29) is 0 Å². The third kappa shape index (κ3) is 6.23. The van der Waals surface area contributed by atoms with Crippen molar-refractivity contribution in [3.63, 3.8) is 0 Å². The van der Waals surface area contributed by atoms with Crippen molar-refractivity contribution in [2.24, 2.45) is 0 Å². The molecule has 2 heterocycles. The van der Waals surface area contributed by atoms with E-state index < -0.39 is 0 Å². The molecule has 5 nitrogen and oxygen atoms in total. The Hall–Kier alpha value is -8.41. The number of aromatic nitrogens is 3. The van der Waals surface area contributed by atoms with Crippen LogP contribution in [0.25, 0.3) is 99.5 Å². The lowest BCUT2D eigenvalue weighted by molar-refractivity contribution is 0.672. The van der Waals surface area contributed by atoms with Crippen LogP contribution >= 0.6 is 0 Å². The Morgan fingerprint density at radius 3 is 1.58 bits per heavy atom. The van der Waals surface area contributed by atoms with E-state index >= 15 is 0 Å². The molecule has 12 aromatic rings. The maximum atomic E-state index is 6.72. The van der Waals surface area contributed by atoms with Gasteiger partial charge in [-0.2, -0.15) is 0 Å². The fourth-order valence-electron chi connectivity index (χ4n) is 8.75. The molecule has 2 aromatic heterocycles. The number of fused-ring (bicyclic) bond motifs is 7. The van der Waals surface area contributed by atoms with E-state index in [0.717, 1.165) is 83.0 Å². The molecule has 0 saturated heterocycles. The zero-order valence-corrected chi connectivity index (χ0v) is 33.5. The van der Waals surface area contributed by atoms with Crippen molar-refractivity contribution in [2.75, 3.05) is 4.90 Å². The van der Waals surface area contributed by atoms with E-state index in [9.17, 15) is 0 Å². The molecule has 0 radical (unpaired) electrons. The lowest BCUT2D eigenvalue weighted by Crippen LogP contribution is -2.10. The second-order valence-corrected chi connectivity index (χ2v) is 15.6. The number of anilines is 3. The average Bonchev–Trinajstić information content (AvgIpc) is 3.73. The van der Waals surface area contributed by atoms with Gasteiger partial charge in [-0.15, -0.1) is 0 Å². The van der Waals surface area contributed by atoms with Crippen molar-refractivity contribution in [1.82, 2.24) is 15.0 Å². The van der Waals surface area contributed by atoms with Gasteiger partial charge in [0, 0.05) is 49.6 Å². The predicted molar refractivity (Wildman–Crippen MR) is 256 cm³/mol. The maximum Gasteiger partial charge on any atom is 0.164 e. The fourth-order valence-corrected chi connectivity index (χ4v) is 8.75. The number of hydrogen-bond acceptors (Lipinski definition) is 5. The van der Waals surface area contributed by atoms with Crippen molar-refractivity contribution < 1.29 is 4.42 Å². The molecule has 0 amide bonds. The van der Waals surface area contributed by atoms with Crippen molar-refractivity contribution >= 4 is 71.3 Å². The number of rotatable bonds is 7. The molecule has 5 heteroatoms. The van der Waals surface area contributed by atoms with E-state index in [1.807, 2.05) is 36.4 Å². The lowest BCUT2D eigenvalue weighted by atomic mass is 9.96.